The number of terminal acetylenes is 1. The van der Waals surface area contributed by atoms with Gasteiger partial charge in [0.15, 0.2) is 0 Å². The molecule has 22 heavy (non-hydrogen) atoms. The summed E-state index contributed by atoms with van der Waals surface area (Å²) in [5.74, 6) is 2.91. The van der Waals surface area contributed by atoms with Crippen LogP contribution in [0.1, 0.15) is 11.1 Å². The zero-order valence-corrected chi connectivity index (χ0v) is 12.4. The van der Waals surface area contributed by atoms with Crippen molar-refractivity contribution in [1.29, 1.82) is 0 Å². The average Bonchev–Trinajstić information content (AvgIpc) is 2.58. The van der Waals surface area contributed by atoms with Crippen LogP contribution in [0.2, 0.25) is 0 Å². The minimum atomic E-state index is 0.230. The summed E-state index contributed by atoms with van der Waals surface area (Å²) >= 11 is 0. The molecule has 0 bridgehead atoms. The summed E-state index contributed by atoms with van der Waals surface area (Å²) in [6.07, 6.45) is 5.63. The predicted octanol–water partition coefficient (Wildman–Crippen LogP) is 5.02. The zero-order valence-electron chi connectivity index (χ0n) is 12.4. The molecule has 0 saturated heterocycles. The van der Waals surface area contributed by atoms with E-state index in [1.54, 1.807) is 6.07 Å². The van der Waals surface area contributed by atoms with Crippen LogP contribution in [-0.2, 0) is 0 Å². The van der Waals surface area contributed by atoms with Crippen molar-refractivity contribution in [1.82, 2.24) is 0 Å². The molecule has 0 spiro atoms. The van der Waals surface area contributed by atoms with Crippen molar-refractivity contribution in [3.8, 4) is 40.3 Å². The van der Waals surface area contributed by atoms with Crippen molar-refractivity contribution in [2.75, 3.05) is 0 Å². The molecule has 1 N–H and O–H groups in total. The number of hydrogen-bond donors (Lipinski definition) is 1. The van der Waals surface area contributed by atoms with Crippen LogP contribution in [0.3, 0.4) is 0 Å². The van der Waals surface area contributed by atoms with Gasteiger partial charge in [-0.15, -0.1) is 6.42 Å². The minimum Gasteiger partial charge on any atom is -0.508 e. The highest BCUT2D eigenvalue weighted by Crippen LogP contribution is 2.36. The maximum absolute atomic E-state index is 9.89. The van der Waals surface area contributed by atoms with E-state index in [0.29, 0.717) is 5.56 Å². The average molecular weight is 284 g/mol. The molecule has 1 nitrogen and oxygen atoms in total. The Balaban J connectivity index is 2.27. The fourth-order valence-electron chi connectivity index (χ4n) is 2.63. The van der Waals surface area contributed by atoms with Crippen LogP contribution < -0.4 is 0 Å². The highest BCUT2D eigenvalue weighted by Gasteiger charge is 2.12. The molecule has 0 aliphatic rings. The Labute approximate surface area is 130 Å². The molecule has 3 aromatic carbocycles. The highest BCUT2D eigenvalue weighted by molar-refractivity contribution is 5.86. The number of aromatic hydroxyl groups is 1. The molecule has 0 aromatic heterocycles. The van der Waals surface area contributed by atoms with E-state index >= 15 is 0 Å². The Morgan fingerprint density at radius 1 is 0.818 bits per heavy atom. The molecule has 0 saturated carbocycles. The molecule has 0 atom stereocenters. The van der Waals surface area contributed by atoms with Gasteiger partial charge in [-0.2, -0.15) is 0 Å². The zero-order chi connectivity index (χ0) is 15.5. The molecule has 3 aromatic rings. The van der Waals surface area contributed by atoms with Crippen LogP contribution in [-0.4, -0.2) is 5.11 Å². The Hall–Kier alpha value is -2.98. The lowest BCUT2D eigenvalue weighted by Crippen LogP contribution is -1.90. The number of phenols is 1. The predicted molar refractivity (Wildman–Crippen MR) is 91.7 cm³/mol. The number of rotatable bonds is 2. The van der Waals surface area contributed by atoms with E-state index in [-0.39, 0.29) is 5.75 Å². The summed E-state index contributed by atoms with van der Waals surface area (Å²) in [6.45, 7) is 1.88. The lowest BCUT2D eigenvalue weighted by atomic mass is 9.91. The molecular formula is C21H16O. The van der Waals surface area contributed by atoms with Gasteiger partial charge < -0.3 is 5.11 Å². The van der Waals surface area contributed by atoms with E-state index in [4.69, 9.17) is 6.42 Å². The lowest BCUT2D eigenvalue weighted by molar-refractivity contribution is 0.471. The Kier molecular flexibility index (Phi) is 3.68. The van der Waals surface area contributed by atoms with Crippen LogP contribution in [0.25, 0.3) is 22.3 Å². The van der Waals surface area contributed by atoms with Crippen LogP contribution in [0.4, 0.5) is 0 Å². The smallest absolute Gasteiger partial charge is 0.119 e. The first-order chi connectivity index (χ1) is 10.7. The highest BCUT2D eigenvalue weighted by atomic mass is 16.3. The fourth-order valence-corrected chi connectivity index (χ4v) is 2.63. The summed E-state index contributed by atoms with van der Waals surface area (Å²) in [6, 6.07) is 22.0. The second-order valence-electron chi connectivity index (χ2n) is 5.24. The third-order valence-electron chi connectivity index (χ3n) is 3.79. The Bertz CT molecular complexity index is 855. The van der Waals surface area contributed by atoms with Crippen molar-refractivity contribution in [2.24, 2.45) is 0 Å². The first kappa shape index (κ1) is 14.0. The molecule has 0 aliphatic heterocycles. The van der Waals surface area contributed by atoms with Gasteiger partial charge in [0.2, 0.25) is 0 Å². The van der Waals surface area contributed by atoms with Gasteiger partial charge in [0.05, 0.1) is 0 Å². The number of aryl methyl sites for hydroxylation is 1. The standard InChI is InChI=1S/C21H16O/c1-3-16-14-21(22)15(2)13-20(16)19-12-8-7-11-18(19)17-9-5-4-6-10-17/h1,4-14,22H,2H3. The van der Waals surface area contributed by atoms with Crippen molar-refractivity contribution >= 4 is 0 Å². The first-order valence-corrected chi connectivity index (χ1v) is 7.16. The molecule has 0 heterocycles. The topological polar surface area (TPSA) is 20.2 Å². The molecule has 0 radical (unpaired) electrons. The van der Waals surface area contributed by atoms with E-state index in [1.165, 1.54) is 0 Å². The minimum absolute atomic E-state index is 0.230. The van der Waals surface area contributed by atoms with Crippen LogP contribution in [0.15, 0.2) is 66.7 Å². The van der Waals surface area contributed by atoms with Gasteiger partial charge in [0.25, 0.3) is 0 Å². The number of benzene rings is 3. The molecule has 0 aliphatic carbocycles. The summed E-state index contributed by atoms with van der Waals surface area (Å²) in [5, 5.41) is 9.89. The summed E-state index contributed by atoms with van der Waals surface area (Å²) in [7, 11) is 0. The molecule has 0 unspecified atom stereocenters. The maximum Gasteiger partial charge on any atom is 0.119 e. The van der Waals surface area contributed by atoms with Crippen LogP contribution >= 0.6 is 0 Å². The van der Waals surface area contributed by atoms with E-state index in [9.17, 15) is 5.11 Å². The second-order valence-corrected chi connectivity index (χ2v) is 5.24. The normalized spacial score (nSPS) is 10.2. The molecule has 0 amide bonds. The fraction of sp³-hybridized carbons (Fsp3) is 0.0476. The van der Waals surface area contributed by atoms with E-state index < -0.39 is 0 Å². The van der Waals surface area contributed by atoms with E-state index in [0.717, 1.165) is 27.8 Å². The second kappa shape index (κ2) is 5.79. The molecule has 3 rings (SSSR count). The third-order valence-corrected chi connectivity index (χ3v) is 3.79. The van der Waals surface area contributed by atoms with Gasteiger partial charge in [-0.05, 0) is 46.9 Å². The van der Waals surface area contributed by atoms with Crippen molar-refractivity contribution < 1.29 is 5.11 Å². The molecule has 106 valence electrons. The van der Waals surface area contributed by atoms with Crippen molar-refractivity contribution in [3.05, 3.63) is 77.9 Å². The van der Waals surface area contributed by atoms with Crippen LogP contribution in [0.5, 0.6) is 5.75 Å². The summed E-state index contributed by atoms with van der Waals surface area (Å²) < 4.78 is 0. The Morgan fingerprint density at radius 3 is 2.14 bits per heavy atom. The quantitative estimate of drug-likeness (QED) is 0.655. The number of hydrogen-bond acceptors (Lipinski definition) is 1. The van der Waals surface area contributed by atoms with Gasteiger partial charge in [-0.1, -0.05) is 60.5 Å². The van der Waals surface area contributed by atoms with Gasteiger partial charge in [0, 0.05) is 5.56 Å². The van der Waals surface area contributed by atoms with Gasteiger partial charge in [0.1, 0.15) is 5.75 Å². The van der Waals surface area contributed by atoms with Gasteiger partial charge in [-0.25, -0.2) is 0 Å². The van der Waals surface area contributed by atoms with Gasteiger partial charge in [-0.3, -0.25) is 0 Å². The maximum atomic E-state index is 9.89. The van der Waals surface area contributed by atoms with E-state index in [1.807, 2.05) is 43.3 Å². The summed E-state index contributed by atoms with van der Waals surface area (Å²) in [5.41, 5.74) is 5.84. The van der Waals surface area contributed by atoms with Crippen molar-refractivity contribution in [3.63, 3.8) is 0 Å². The first-order valence-electron chi connectivity index (χ1n) is 7.16. The third kappa shape index (κ3) is 2.47. The lowest BCUT2D eigenvalue weighted by Gasteiger charge is -2.13. The number of phenolic OH excluding ortho intramolecular Hbond substituents is 1. The van der Waals surface area contributed by atoms with Crippen molar-refractivity contribution in [2.45, 2.75) is 6.92 Å². The molecule has 0 fully saturated rings. The van der Waals surface area contributed by atoms with E-state index in [2.05, 4.69) is 30.2 Å². The van der Waals surface area contributed by atoms with Crippen LogP contribution in [0, 0.1) is 19.3 Å². The summed E-state index contributed by atoms with van der Waals surface area (Å²) in [4.78, 5) is 0. The molecule has 1 heteroatoms. The Morgan fingerprint density at radius 2 is 1.45 bits per heavy atom. The van der Waals surface area contributed by atoms with Gasteiger partial charge >= 0.3 is 0 Å². The monoisotopic (exact) mass is 284 g/mol. The SMILES string of the molecule is C#Cc1cc(O)c(C)cc1-c1ccccc1-c1ccccc1. The largest absolute Gasteiger partial charge is 0.508 e. The molecular weight excluding hydrogens is 268 g/mol.